The molecule has 0 saturated heterocycles. The number of benzene rings is 2. The van der Waals surface area contributed by atoms with Gasteiger partial charge < -0.3 is 4.74 Å². The average molecular weight is 391 g/mol. The van der Waals surface area contributed by atoms with E-state index in [1.807, 2.05) is 18.2 Å². The van der Waals surface area contributed by atoms with E-state index in [0.29, 0.717) is 0 Å². The van der Waals surface area contributed by atoms with Crippen molar-refractivity contribution < 1.29 is 4.74 Å². The molecule has 0 amide bonds. The fourth-order valence-electron chi connectivity index (χ4n) is 2.53. The molecule has 2 aromatic rings. The standard InChI is InChI=1S/C18H18INO/c1-18(2)16(12-13-8-4-3-5-9-13)20-17(21-18)14-10-6-7-11-15(14)19/h3-11,16H,12H2,1-2H3/t16-/m0/s1. The lowest BCUT2D eigenvalue weighted by atomic mass is 9.93. The summed E-state index contributed by atoms with van der Waals surface area (Å²) in [5, 5.41) is 0. The van der Waals surface area contributed by atoms with Crippen molar-refractivity contribution >= 4 is 28.5 Å². The SMILES string of the molecule is CC1(C)OC(c2ccccc2I)=N[C@H]1Cc1ccccc1. The Morgan fingerprint density at radius 1 is 1.05 bits per heavy atom. The molecule has 0 unspecified atom stereocenters. The predicted molar refractivity (Wildman–Crippen MR) is 94.8 cm³/mol. The third-order valence-corrected chi connectivity index (χ3v) is 4.75. The Kier molecular flexibility index (Phi) is 4.02. The van der Waals surface area contributed by atoms with Gasteiger partial charge in [-0.2, -0.15) is 0 Å². The molecule has 0 aliphatic carbocycles. The Balaban J connectivity index is 1.89. The molecule has 1 atom stereocenters. The highest BCUT2D eigenvalue weighted by atomic mass is 127. The molecule has 1 aliphatic rings. The van der Waals surface area contributed by atoms with Gasteiger partial charge in [0, 0.05) is 9.13 Å². The zero-order valence-electron chi connectivity index (χ0n) is 12.2. The number of hydrogen-bond acceptors (Lipinski definition) is 2. The molecule has 0 aromatic heterocycles. The third-order valence-electron chi connectivity index (χ3n) is 3.81. The summed E-state index contributed by atoms with van der Waals surface area (Å²) in [6.07, 6.45) is 0.904. The van der Waals surface area contributed by atoms with Crippen molar-refractivity contribution in [3.63, 3.8) is 0 Å². The number of hydrogen-bond donors (Lipinski definition) is 0. The summed E-state index contributed by atoms with van der Waals surface area (Å²) >= 11 is 2.33. The second-order valence-electron chi connectivity index (χ2n) is 5.83. The quantitative estimate of drug-likeness (QED) is 0.709. The van der Waals surface area contributed by atoms with Crippen LogP contribution in [0.3, 0.4) is 0 Å². The van der Waals surface area contributed by atoms with Crippen LogP contribution >= 0.6 is 22.6 Å². The topological polar surface area (TPSA) is 21.6 Å². The summed E-state index contributed by atoms with van der Waals surface area (Å²) in [5.41, 5.74) is 2.11. The zero-order chi connectivity index (χ0) is 14.9. The van der Waals surface area contributed by atoms with Gasteiger partial charge in [-0.1, -0.05) is 42.5 Å². The number of rotatable bonds is 3. The number of aliphatic imine (C=N–C) groups is 1. The molecule has 0 saturated carbocycles. The molecule has 3 rings (SSSR count). The van der Waals surface area contributed by atoms with E-state index in [9.17, 15) is 0 Å². The highest BCUT2D eigenvalue weighted by molar-refractivity contribution is 14.1. The molecule has 0 radical (unpaired) electrons. The van der Waals surface area contributed by atoms with E-state index < -0.39 is 0 Å². The van der Waals surface area contributed by atoms with E-state index in [1.54, 1.807) is 0 Å². The molecule has 2 aromatic carbocycles. The Labute approximate surface area is 139 Å². The van der Waals surface area contributed by atoms with Crippen LogP contribution in [0.5, 0.6) is 0 Å². The Morgan fingerprint density at radius 3 is 2.43 bits per heavy atom. The molecule has 0 fully saturated rings. The first-order valence-electron chi connectivity index (χ1n) is 7.12. The minimum Gasteiger partial charge on any atom is -0.469 e. The molecule has 2 nitrogen and oxygen atoms in total. The lowest BCUT2D eigenvalue weighted by Gasteiger charge is -2.25. The summed E-state index contributed by atoms with van der Waals surface area (Å²) in [6, 6.07) is 18.8. The molecule has 3 heteroatoms. The van der Waals surface area contributed by atoms with E-state index in [-0.39, 0.29) is 11.6 Å². The number of halogens is 1. The van der Waals surface area contributed by atoms with Gasteiger partial charge >= 0.3 is 0 Å². The van der Waals surface area contributed by atoms with Crippen molar-refractivity contribution in [3.8, 4) is 0 Å². The van der Waals surface area contributed by atoms with Crippen LogP contribution < -0.4 is 0 Å². The summed E-state index contributed by atoms with van der Waals surface area (Å²) in [7, 11) is 0. The van der Waals surface area contributed by atoms with Crippen LogP contribution in [0.4, 0.5) is 0 Å². The van der Waals surface area contributed by atoms with Gasteiger partial charge in [-0.05, 0) is 60.6 Å². The van der Waals surface area contributed by atoms with E-state index in [4.69, 9.17) is 9.73 Å². The molecule has 1 heterocycles. The molecule has 108 valence electrons. The Bertz CT molecular complexity index is 664. The first-order chi connectivity index (χ1) is 10.1. The van der Waals surface area contributed by atoms with Crippen molar-refractivity contribution in [2.75, 3.05) is 0 Å². The van der Waals surface area contributed by atoms with Crippen LogP contribution in [-0.4, -0.2) is 17.5 Å². The van der Waals surface area contributed by atoms with E-state index in [0.717, 1.165) is 17.9 Å². The molecule has 21 heavy (non-hydrogen) atoms. The van der Waals surface area contributed by atoms with Gasteiger partial charge in [0.2, 0.25) is 5.90 Å². The second-order valence-corrected chi connectivity index (χ2v) is 6.99. The van der Waals surface area contributed by atoms with Crippen LogP contribution in [0, 0.1) is 3.57 Å². The monoisotopic (exact) mass is 391 g/mol. The van der Waals surface area contributed by atoms with Gasteiger partial charge in [0.25, 0.3) is 0 Å². The van der Waals surface area contributed by atoms with Crippen molar-refractivity contribution in [1.82, 2.24) is 0 Å². The lowest BCUT2D eigenvalue weighted by Crippen LogP contribution is -2.35. The minimum atomic E-state index is -0.274. The first-order valence-corrected chi connectivity index (χ1v) is 8.20. The smallest absolute Gasteiger partial charge is 0.218 e. The molecular formula is C18H18INO. The predicted octanol–water partition coefficient (Wildman–Crippen LogP) is 4.46. The normalized spacial score (nSPS) is 20.0. The third kappa shape index (κ3) is 3.12. The first kappa shape index (κ1) is 14.6. The summed E-state index contributed by atoms with van der Waals surface area (Å²) < 4.78 is 7.32. The fraction of sp³-hybridized carbons (Fsp3) is 0.278. The van der Waals surface area contributed by atoms with Gasteiger partial charge in [-0.3, -0.25) is 0 Å². The molecule has 1 aliphatic heterocycles. The van der Waals surface area contributed by atoms with Crippen molar-refractivity contribution in [2.24, 2.45) is 4.99 Å². The van der Waals surface area contributed by atoms with Gasteiger partial charge in [0.15, 0.2) is 0 Å². The Hall–Kier alpha value is -1.36. The molecule has 0 bridgehead atoms. The van der Waals surface area contributed by atoms with Crippen molar-refractivity contribution in [3.05, 3.63) is 69.3 Å². The van der Waals surface area contributed by atoms with Crippen molar-refractivity contribution in [2.45, 2.75) is 31.9 Å². The molecule has 0 spiro atoms. The largest absolute Gasteiger partial charge is 0.469 e. The summed E-state index contributed by atoms with van der Waals surface area (Å²) in [6.45, 7) is 4.24. The van der Waals surface area contributed by atoms with Gasteiger partial charge in [-0.15, -0.1) is 0 Å². The van der Waals surface area contributed by atoms with Crippen molar-refractivity contribution in [1.29, 1.82) is 0 Å². The van der Waals surface area contributed by atoms with Crippen LogP contribution in [-0.2, 0) is 11.2 Å². The van der Waals surface area contributed by atoms with E-state index in [1.165, 1.54) is 9.13 Å². The maximum Gasteiger partial charge on any atom is 0.218 e. The maximum absolute atomic E-state index is 6.15. The summed E-state index contributed by atoms with van der Waals surface area (Å²) in [4.78, 5) is 4.86. The maximum atomic E-state index is 6.15. The Morgan fingerprint density at radius 2 is 1.71 bits per heavy atom. The molecule has 0 N–H and O–H groups in total. The van der Waals surface area contributed by atoms with Crippen LogP contribution in [0.2, 0.25) is 0 Å². The fourth-order valence-corrected chi connectivity index (χ4v) is 3.15. The van der Waals surface area contributed by atoms with Crippen LogP contribution in [0.25, 0.3) is 0 Å². The highest BCUT2D eigenvalue weighted by Crippen LogP contribution is 2.31. The molecular weight excluding hydrogens is 373 g/mol. The zero-order valence-corrected chi connectivity index (χ0v) is 14.4. The van der Waals surface area contributed by atoms with Crippen LogP contribution in [0.1, 0.15) is 25.0 Å². The summed E-state index contributed by atoms with van der Waals surface area (Å²) in [5.74, 6) is 0.769. The van der Waals surface area contributed by atoms with Gasteiger partial charge in [-0.25, -0.2) is 4.99 Å². The van der Waals surface area contributed by atoms with E-state index >= 15 is 0 Å². The second kappa shape index (κ2) is 5.79. The average Bonchev–Trinajstić information content (AvgIpc) is 2.75. The number of nitrogens with zero attached hydrogens (tertiary/aromatic N) is 1. The van der Waals surface area contributed by atoms with Gasteiger partial charge in [0.05, 0.1) is 6.04 Å². The minimum absolute atomic E-state index is 0.144. The van der Waals surface area contributed by atoms with E-state index in [2.05, 4.69) is 72.8 Å². The van der Waals surface area contributed by atoms with Crippen LogP contribution in [0.15, 0.2) is 59.6 Å². The highest BCUT2D eigenvalue weighted by Gasteiger charge is 2.39. The number of ether oxygens (including phenoxy) is 1. The van der Waals surface area contributed by atoms with Gasteiger partial charge in [0.1, 0.15) is 5.60 Å². The lowest BCUT2D eigenvalue weighted by molar-refractivity contribution is 0.0971.